The van der Waals surface area contributed by atoms with Gasteiger partial charge in [-0.05, 0) is 74.3 Å². The van der Waals surface area contributed by atoms with Crippen molar-refractivity contribution >= 4 is 23.2 Å². The molecule has 0 aliphatic heterocycles. The number of rotatable bonds is 6. The number of anilines is 1. The second-order valence-electron chi connectivity index (χ2n) is 9.40. The van der Waals surface area contributed by atoms with Gasteiger partial charge < -0.3 is 10.6 Å². The lowest BCUT2D eigenvalue weighted by atomic mass is 9.54. The van der Waals surface area contributed by atoms with Crippen molar-refractivity contribution in [2.24, 2.45) is 23.7 Å². The van der Waals surface area contributed by atoms with Gasteiger partial charge in [-0.1, -0.05) is 11.6 Å². The topological polar surface area (TPSA) is 102 Å². The van der Waals surface area contributed by atoms with Crippen molar-refractivity contribution in [2.45, 2.75) is 57.7 Å². The van der Waals surface area contributed by atoms with Crippen molar-refractivity contribution in [1.82, 2.24) is 25.3 Å². The maximum atomic E-state index is 12.8. The monoisotopic (exact) mass is 442 g/mol. The SMILES string of the molecule is CC(NC(=O)Cn1ncc(NC2C3CC4CC(C3)CC2C4)c(Cl)c1=O)c1ccnnc1. The first-order chi connectivity index (χ1) is 15.0. The molecule has 2 aromatic rings. The van der Waals surface area contributed by atoms with Crippen LogP contribution in [0.25, 0.3) is 0 Å². The molecule has 4 fully saturated rings. The number of halogens is 1. The summed E-state index contributed by atoms with van der Waals surface area (Å²) in [6.45, 7) is 1.65. The van der Waals surface area contributed by atoms with Gasteiger partial charge >= 0.3 is 0 Å². The second-order valence-corrected chi connectivity index (χ2v) is 9.78. The first-order valence-electron chi connectivity index (χ1n) is 11.1. The zero-order chi connectivity index (χ0) is 21.5. The highest BCUT2D eigenvalue weighted by atomic mass is 35.5. The molecule has 0 saturated heterocycles. The average Bonchev–Trinajstić information content (AvgIpc) is 2.75. The van der Waals surface area contributed by atoms with Crippen LogP contribution in [0.15, 0.2) is 29.5 Å². The summed E-state index contributed by atoms with van der Waals surface area (Å²) in [4.78, 5) is 25.2. The Bertz CT molecular complexity index is 998. The van der Waals surface area contributed by atoms with E-state index in [1.807, 2.05) is 6.92 Å². The maximum Gasteiger partial charge on any atom is 0.288 e. The van der Waals surface area contributed by atoms with E-state index < -0.39 is 5.56 Å². The molecule has 4 saturated carbocycles. The van der Waals surface area contributed by atoms with Gasteiger partial charge in [0, 0.05) is 12.2 Å². The third-order valence-corrected chi connectivity index (χ3v) is 7.68. The van der Waals surface area contributed by atoms with Crippen LogP contribution in [0.1, 0.15) is 50.6 Å². The Hall–Kier alpha value is -2.48. The van der Waals surface area contributed by atoms with Crippen LogP contribution in [0.4, 0.5) is 5.69 Å². The lowest BCUT2D eigenvalue weighted by Gasteiger charge is -2.54. The minimum Gasteiger partial charge on any atom is -0.379 e. The second kappa shape index (κ2) is 8.22. The van der Waals surface area contributed by atoms with Crippen molar-refractivity contribution in [3.05, 3.63) is 45.6 Å². The number of aromatic nitrogens is 4. The summed E-state index contributed by atoms with van der Waals surface area (Å²) in [5.74, 6) is 2.75. The highest BCUT2D eigenvalue weighted by Crippen LogP contribution is 2.54. The molecule has 31 heavy (non-hydrogen) atoms. The van der Waals surface area contributed by atoms with Gasteiger partial charge in [-0.25, -0.2) is 4.68 Å². The van der Waals surface area contributed by atoms with Crippen molar-refractivity contribution < 1.29 is 4.79 Å². The lowest BCUT2D eigenvalue weighted by Crippen LogP contribution is -2.51. The molecule has 8 nitrogen and oxygen atoms in total. The molecule has 1 amide bonds. The van der Waals surface area contributed by atoms with E-state index in [9.17, 15) is 9.59 Å². The predicted molar refractivity (Wildman–Crippen MR) is 117 cm³/mol. The van der Waals surface area contributed by atoms with E-state index >= 15 is 0 Å². The van der Waals surface area contributed by atoms with E-state index in [1.54, 1.807) is 24.7 Å². The van der Waals surface area contributed by atoms with Crippen molar-refractivity contribution in [3.63, 3.8) is 0 Å². The number of carbonyl (C=O) groups excluding carboxylic acids is 1. The van der Waals surface area contributed by atoms with E-state index in [2.05, 4.69) is 25.9 Å². The summed E-state index contributed by atoms with van der Waals surface area (Å²) in [7, 11) is 0. The molecule has 164 valence electrons. The van der Waals surface area contributed by atoms with Crippen LogP contribution >= 0.6 is 11.6 Å². The zero-order valence-corrected chi connectivity index (χ0v) is 18.3. The number of hydrogen-bond donors (Lipinski definition) is 2. The van der Waals surface area contributed by atoms with Crippen LogP contribution in [0.3, 0.4) is 0 Å². The van der Waals surface area contributed by atoms with E-state index in [0.29, 0.717) is 23.6 Å². The molecule has 0 spiro atoms. The van der Waals surface area contributed by atoms with Gasteiger partial charge in [0.2, 0.25) is 5.91 Å². The van der Waals surface area contributed by atoms with E-state index in [4.69, 9.17) is 11.6 Å². The molecule has 1 unspecified atom stereocenters. The smallest absolute Gasteiger partial charge is 0.288 e. The largest absolute Gasteiger partial charge is 0.379 e. The van der Waals surface area contributed by atoms with Gasteiger partial charge in [0.15, 0.2) is 0 Å². The molecule has 4 aliphatic carbocycles. The van der Waals surface area contributed by atoms with Gasteiger partial charge in [-0.2, -0.15) is 15.3 Å². The standard InChI is InChI=1S/C22H27ClN6O2/c1-12(15-2-3-24-25-9-15)27-19(30)11-29-22(31)20(23)18(10-26-29)28-21-16-5-13-4-14(7-16)8-17(21)6-13/h2-3,9-10,12-14,16-17,21,28H,4-8,11H2,1H3,(H,27,30). The number of amides is 1. The average molecular weight is 443 g/mol. The Morgan fingerprint density at radius 2 is 1.87 bits per heavy atom. The molecule has 2 aromatic heterocycles. The summed E-state index contributed by atoms with van der Waals surface area (Å²) >= 11 is 6.41. The fourth-order valence-corrected chi connectivity index (χ4v) is 6.28. The Kier molecular flexibility index (Phi) is 5.42. The molecule has 0 radical (unpaired) electrons. The quantitative estimate of drug-likeness (QED) is 0.713. The fourth-order valence-electron chi connectivity index (χ4n) is 6.08. The maximum absolute atomic E-state index is 12.8. The Morgan fingerprint density at radius 3 is 2.52 bits per heavy atom. The number of nitrogens with zero attached hydrogens (tertiary/aromatic N) is 4. The highest BCUT2D eigenvalue weighted by Gasteiger charge is 2.48. The third-order valence-electron chi connectivity index (χ3n) is 7.31. The van der Waals surface area contributed by atoms with Crippen LogP contribution < -0.4 is 16.2 Å². The molecule has 1 atom stereocenters. The Balaban J connectivity index is 1.25. The van der Waals surface area contributed by atoms with Gasteiger partial charge in [0.05, 0.1) is 24.1 Å². The number of hydrogen-bond acceptors (Lipinski definition) is 6. The van der Waals surface area contributed by atoms with Gasteiger partial charge in [-0.3, -0.25) is 9.59 Å². The zero-order valence-electron chi connectivity index (χ0n) is 17.5. The minimum atomic E-state index is -0.455. The first-order valence-corrected chi connectivity index (χ1v) is 11.4. The van der Waals surface area contributed by atoms with Crippen LogP contribution in [0, 0.1) is 23.7 Å². The molecule has 6 rings (SSSR count). The molecule has 2 N–H and O–H groups in total. The van der Waals surface area contributed by atoms with Gasteiger partial charge in [-0.15, -0.1) is 0 Å². The first kappa shape index (κ1) is 20.4. The number of carbonyl (C=O) groups is 1. The Labute approximate surface area is 185 Å². The lowest BCUT2D eigenvalue weighted by molar-refractivity contribution is -0.122. The van der Waals surface area contributed by atoms with Gasteiger partial charge in [0.25, 0.3) is 5.56 Å². The molecule has 0 aromatic carbocycles. The van der Waals surface area contributed by atoms with Crippen molar-refractivity contribution in [1.29, 1.82) is 0 Å². The van der Waals surface area contributed by atoms with Gasteiger partial charge in [0.1, 0.15) is 11.6 Å². The summed E-state index contributed by atoms with van der Waals surface area (Å²) in [6.07, 6.45) is 11.2. The van der Waals surface area contributed by atoms with Crippen molar-refractivity contribution in [3.8, 4) is 0 Å². The molecular weight excluding hydrogens is 416 g/mol. The summed E-state index contributed by atoms with van der Waals surface area (Å²) in [6, 6.07) is 1.89. The fraction of sp³-hybridized carbons (Fsp3) is 0.591. The highest BCUT2D eigenvalue weighted by molar-refractivity contribution is 6.32. The molecule has 9 heteroatoms. The summed E-state index contributed by atoms with van der Waals surface area (Å²) in [5.41, 5.74) is 0.956. The normalized spacial score (nSPS) is 29.5. The van der Waals surface area contributed by atoms with E-state index in [0.717, 1.165) is 22.1 Å². The van der Waals surface area contributed by atoms with Crippen LogP contribution in [0.5, 0.6) is 0 Å². The van der Waals surface area contributed by atoms with E-state index in [-0.39, 0.29) is 23.5 Å². The predicted octanol–water partition coefficient (Wildman–Crippen LogP) is 2.80. The third kappa shape index (κ3) is 4.05. The molecule has 4 aliphatic rings. The van der Waals surface area contributed by atoms with Crippen molar-refractivity contribution in [2.75, 3.05) is 5.32 Å². The van der Waals surface area contributed by atoms with Crippen LogP contribution in [-0.2, 0) is 11.3 Å². The summed E-state index contributed by atoms with van der Waals surface area (Å²) < 4.78 is 1.11. The molecule has 4 bridgehead atoms. The molecule has 2 heterocycles. The minimum absolute atomic E-state index is 0.1000. The van der Waals surface area contributed by atoms with Crippen LogP contribution in [0.2, 0.25) is 5.02 Å². The van der Waals surface area contributed by atoms with E-state index in [1.165, 1.54) is 32.1 Å². The Morgan fingerprint density at radius 1 is 1.16 bits per heavy atom. The summed E-state index contributed by atoms with van der Waals surface area (Å²) in [5, 5.41) is 18.2. The number of nitrogens with one attached hydrogen (secondary N) is 2. The van der Waals surface area contributed by atoms with Crippen LogP contribution in [-0.4, -0.2) is 31.9 Å². The molecular formula is C22H27ClN6O2.